The molecule has 1 saturated heterocycles. The number of aromatic nitrogens is 3. The highest BCUT2D eigenvalue weighted by atomic mass is 35.5. The monoisotopic (exact) mass is 510 g/mol. The minimum atomic E-state index is -4.54. The van der Waals surface area contributed by atoms with Crippen LogP contribution in [0.2, 0.25) is 5.02 Å². The van der Waals surface area contributed by atoms with E-state index in [0.29, 0.717) is 49.4 Å². The summed E-state index contributed by atoms with van der Waals surface area (Å²) in [5, 5.41) is 3.30. The minimum Gasteiger partial charge on any atom is -0.493 e. The largest absolute Gasteiger partial charge is 0.493 e. The number of fused-ring (bicyclic) bond motifs is 1. The molecule has 13 heteroatoms. The van der Waals surface area contributed by atoms with Crippen LogP contribution in [0.15, 0.2) is 30.7 Å². The van der Waals surface area contributed by atoms with E-state index >= 15 is 0 Å². The molecule has 0 atom stereocenters. The lowest BCUT2D eigenvalue weighted by molar-refractivity contribution is -0.137. The van der Waals surface area contributed by atoms with Gasteiger partial charge in [0.25, 0.3) is 0 Å². The molecule has 0 unspecified atom stereocenters. The van der Waals surface area contributed by atoms with Crippen LogP contribution in [0.4, 0.5) is 23.8 Å². The van der Waals surface area contributed by atoms with Gasteiger partial charge in [-0.05, 0) is 12.1 Å². The third-order valence-electron chi connectivity index (χ3n) is 5.64. The molecule has 2 aromatic heterocycles. The number of anilines is 1. The lowest BCUT2D eigenvalue weighted by atomic mass is 10.2. The minimum absolute atomic E-state index is 0.0891. The number of nitrogens with zero attached hydrogens (tertiary/aromatic N) is 5. The number of methoxy groups -OCH3 is 2. The second-order valence-corrected chi connectivity index (χ2v) is 8.11. The molecule has 186 valence electrons. The molecule has 3 heterocycles. The van der Waals surface area contributed by atoms with Gasteiger partial charge in [0.05, 0.1) is 42.6 Å². The molecule has 1 aromatic carbocycles. The Morgan fingerprint density at radius 3 is 2.37 bits per heavy atom. The first kappa shape index (κ1) is 24.6. The zero-order valence-electron chi connectivity index (χ0n) is 18.9. The van der Waals surface area contributed by atoms with E-state index in [-0.39, 0.29) is 23.3 Å². The summed E-state index contributed by atoms with van der Waals surface area (Å²) in [6.07, 6.45) is -2.36. The molecule has 1 aliphatic rings. The normalized spacial score (nSPS) is 14.2. The Hall–Kier alpha value is -3.54. The fourth-order valence-corrected chi connectivity index (χ4v) is 4.00. The maximum Gasteiger partial charge on any atom is 0.417 e. The number of amides is 2. The quantitative estimate of drug-likeness (QED) is 0.559. The number of carbonyl (C=O) groups is 1. The first-order chi connectivity index (χ1) is 16.7. The van der Waals surface area contributed by atoms with E-state index < -0.39 is 11.7 Å². The summed E-state index contributed by atoms with van der Waals surface area (Å²) in [6.45, 7) is 1.78. The number of carbonyl (C=O) groups excluding carboxylic acids is 1. The van der Waals surface area contributed by atoms with Gasteiger partial charge in [-0.3, -0.25) is 4.98 Å². The molecule has 0 saturated carbocycles. The first-order valence-electron chi connectivity index (χ1n) is 10.6. The van der Waals surface area contributed by atoms with Crippen LogP contribution in [-0.2, 0) is 12.7 Å². The van der Waals surface area contributed by atoms with Crippen molar-refractivity contribution in [3.63, 3.8) is 0 Å². The van der Waals surface area contributed by atoms with E-state index in [1.54, 1.807) is 25.2 Å². The fraction of sp³-hybridized carbons (Fsp3) is 0.364. The summed E-state index contributed by atoms with van der Waals surface area (Å²) in [5.41, 5.74) is -0.0840. The van der Waals surface area contributed by atoms with Crippen molar-refractivity contribution in [2.75, 3.05) is 45.3 Å². The van der Waals surface area contributed by atoms with E-state index in [9.17, 15) is 18.0 Å². The van der Waals surface area contributed by atoms with Gasteiger partial charge >= 0.3 is 12.2 Å². The number of urea groups is 1. The molecule has 1 aliphatic heterocycles. The summed E-state index contributed by atoms with van der Waals surface area (Å²) in [6, 6.07) is 4.04. The molecule has 1 fully saturated rings. The highest BCUT2D eigenvalue weighted by Gasteiger charge is 2.31. The Labute approximate surface area is 203 Å². The molecule has 3 aromatic rings. The molecular weight excluding hydrogens is 489 g/mol. The third kappa shape index (κ3) is 5.26. The molecule has 0 radical (unpaired) electrons. The summed E-state index contributed by atoms with van der Waals surface area (Å²) in [4.78, 5) is 28.8. The lowest BCUT2D eigenvalue weighted by Crippen LogP contribution is -2.52. The number of benzene rings is 1. The van der Waals surface area contributed by atoms with Gasteiger partial charge in [-0.1, -0.05) is 11.6 Å². The second-order valence-electron chi connectivity index (χ2n) is 7.70. The number of alkyl halides is 3. The third-order valence-corrected chi connectivity index (χ3v) is 5.97. The lowest BCUT2D eigenvalue weighted by Gasteiger charge is -2.35. The van der Waals surface area contributed by atoms with Crippen molar-refractivity contribution < 1.29 is 27.4 Å². The smallest absolute Gasteiger partial charge is 0.417 e. The standard InChI is InChI=1S/C22H22ClF3N6O3/c1-34-18-8-14-16(9-19(18)35-2)29-12-30-20(14)31-3-5-32(6-4-31)21(33)28-11-17-15(23)7-13(10-27-17)22(24,25)26/h7-10,12H,3-6,11H2,1-2H3,(H,28,33). The predicted octanol–water partition coefficient (Wildman–Crippen LogP) is 3.75. The summed E-state index contributed by atoms with van der Waals surface area (Å²) >= 11 is 5.92. The molecule has 0 spiro atoms. The van der Waals surface area contributed by atoms with Gasteiger partial charge in [0, 0.05) is 43.8 Å². The molecule has 9 nitrogen and oxygen atoms in total. The van der Waals surface area contributed by atoms with Crippen molar-refractivity contribution in [3.05, 3.63) is 47.0 Å². The summed E-state index contributed by atoms with van der Waals surface area (Å²) in [5.74, 6) is 1.84. The molecule has 35 heavy (non-hydrogen) atoms. The molecule has 0 aliphatic carbocycles. The number of halogens is 4. The molecular formula is C22H22ClF3N6O3. The van der Waals surface area contributed by atoms with Gasteiger partial charge in [0.15, 0.2) is 11.5 Å². The van der Waals surface area contributed by atoms with Gasteiger partial charge in [0.1, 0.15) is 12.1 Å². The maximum atomic E-state index is 12.8. The Morgan fingerprint density at radius 1 is 1.06 bits per heavy atom. The summed E-state index contributed by atoms with van der Waals surface area (Å²) < 4.78 is 49.1. The van der Waals surface area contributed by atoms with Gasteiger partial charge in [-0.2, -0.15) is 13.2 Å². The van der Waals surface area contributed by atoms with Crippen molar-refractivity contribution >= 4 is 34.4 Å². The van der Waals surface area contributed by atoms with Crippen molar-refractivity contribution in [1.29, 1.82) is 0 Å². The Morgan fingerprint density at radius 2 is 1.74 bits per heavy atom. The number of hydrogen-bond donors (Lipinski definition) is 1. The Bertz CT molecular complexity index is 1240. The average molecular weight is 511 g/mol. The van der Waals surface area contributed by atoms with Crippen LogP contribution >= 0.6 is 11.6 Å². The van der Waals surface area contributed by atoms with Gasteiger partial charge in [-0.25, -0.2) is 14.8 Å². The van der Waals surface area contributed by atoms with Crippen molar-refractivity contribution in [3.8, 4) is 11.5 Å². The van der Waals surface area contributed by atoms with Crippen LogP contribution in [0, 0.1) is 0 Å². The SMILES string of the molecule is COc1cc2ncnc(N3CCN(C(=O)NCc4ncc(C(F)(F)F)cc4Cl)CC3)c2cc1OC. The second kappa shape index (κ2) is 9.98. The number of nitrogens with one attached hydrogen (secondary N) is 1. The Balaban J connectivity index is 1.39. The highest BCUT2D eigenvalue weighted by Crippen LogP contribution is 2.35. The van der Waals surface area contributed by atoms with Gasteiger partial charge in [0.2, 0.25) is 0 Å². The maximum absolute atomic E-state index is 12.8. The predicted molar refractivity (Wildman–Crippen MR) is 123 cm³/mol. The molecule has 1 N–H and O–H groups in total. The summed E-state index contributed by atoms with van der Waals surface area (Å²) in [7, 11) is 3.11. The zero-order valence-corrected chi connectivity index (χ0v) is 19.7. The van der Waals surface area contributed by atoms with Crippen LogP contribution in [0.5, 0.6) is 11.5 Å². The van der Waals surface area contributed by atoms with Crippen LogP contribution in [0.25, 0.3) is 10.9 Å². The average Bonchev–Trinajstić information content (AvgIpc) is 2.86. The number of ether oxygens (including phenoxy) is 2. The number of hydrogen-bond acceptors (Lipinski definition) is 7. The number of piperazine rings is 1. The van der Waals surface area contributed by atoms with Crippen LogP contribution in [0.1, 0.15) is 11.3 Å². The van der Waals surface area contributed by atoms with Gasteiger partial charge in [-0.15, -0.1) is 0 Å². The Kier molecular flexibility index (Phi) is 7.01. The van der Waals surface area contributed by atoms with E-state index in [0.717, 1.165) is 17.3 Å². The molecule has 2 amide bonds. The topological polar surface area (TPSA) is 92.7 Å². The van der Waals surface area contributed by atoms with Crippen LogP contribution in [0.3, 0.4) is 0 Å². The van der Waals surface area contributed by atoms with E-state index in [2.05, 4.69) is 20.3 Å². The number of rotatable bonds is 5. The zero-order chi connectivity index (χ0) is 25.2. The van der Waals surface area contributed by atoms with Crippen molar-refractivity contribution in [2.45, 2.75) is 12.7 Å². The van der Waals surface area contributed by atoms with E-state index in [1.807, 2.05) is 11.0 Å². The van der Waals surface area contributed by atoms with E-state index in [4.69, 9.17) is 21.1 Å². The highest BCUT2D eigenvalue weighted by molar-refractivity contribution is 6.31. The van der Waals surface area contributed by atoms with Crippen molar-refractivity contribution in [1.82, 2.24) is 25.2 Å². The molecule has 4 rings (SSSR count). The molecule has 0 bridgehead atoms. The number of pyridine rings is 1. The van der Waals surface area contributed by atoms with Crippen molar-refractivity contribution in [2.24, 2.45) is 0 Å². The van der Waals surface area contributed by atoms with Crippen LogP contribution in [-0.4, -0.2) is 66.3 Å². The van der Waals surface area contributed by atoms with Gasteiger partial charge < -0.3 is 24.6 Å². The first-order valence-corrected chi connectivity index (χ1v) is 10.9. The van der Waals surface area contributed by atoms with Crippen LogP contribution < -0.4 is 19.7 Å². The van der Waals surface area contributed by atoms with E-state index in [1.165, 1.54) is 6.33 Å². The fourth-order valence-electron chi connectivity index (χ4n) is 3.77.